The van der Waals surface area contributed by atoms with Crippen molar-refractivity contribution in [2.75, 3.05) is 17.5 Å². The van der Waals surface area contributed by atoms with Crippen molar-refractivity contribution in [1.29, 1.82) is 0 Å². The molecule has 3 rings (SSSR count). The lowest BCUT2D eigenvalue weighted by Crippen LogP contribution is -2.39. The summed E-state index contributed by atoms with van der Waals surface area (Å²) in [6, 6.07) is 17.6. The van der Waals surface area contributed by atoms with Crippen LogP contribution in [0.15, 0.2) is 82.8 Å². The highest BCUT2D eigenvalue weighted by molar-refractivity contribution is 7.92. The number of benzene rings is 3. The summed E-state index contributed by atoms with van der Waals surface area (Å²) < 4.78 is 51.5. The molecule has 0 aromatic heterocycles. The molecule has 9 nitrogen and oxygen atoms in total. The Labute approximate surface area is 227 Å². The van der Waals surface area contributed by atoms with Gasteiger partial charge in [0.2, 0.25) is 0 Å². The van der Waals surface area contributed by atoms with Crippen LogP contribution < -0.4 is 14.5 Å². The summed E-state index contributed by atoms with van der Waals surface area (Å²) in [5.41, 5.74) is 3.52. The molecule has 0 unspecified atom stereocenters. The summed E-state index contributed by atoms with van der Waals surface area (Å²) in [4.78, 5) is 24.3. The Balaban J connectivity index is 1.64. The van der Waals surface area contributed by atoms with Gasteiger partial charge < -0.3 is 9.47 Å². The van der Waals surface area contributed by atoms with E-state index in [1.165, 1.54) is 6.21 Å². The van der Waals surface area contributed by atoms with Crippen molar-refractivity contribution >= 4 is 33.8 Å². The predicted molar refractivity (Wildman–Crippen MR) is 146 cm³/mol. The molecule has 0 aliphatic heterocycles. The third-order valence-electron chi connectivity index (χ3n) is 5.07. The fraction of sp³-hybridized carbons (Fsp3) is 0.250. The van der Waals surface area contributed by atoms with Crippen molar-refractivity contribution in [1.82, 2.24) is 5.43 Å². The molecule has 0 fully saturated rings. The van der Waals surface area contributed by atoms with Gasteiger partial charge in [-0.05, 0) is 93.9 Å². The molecule has 11 heteroatoms. The minimum Gasteiger partial charge on any atom is -0.482 e. The van der Waals surface area contributed by atoms with Crippen LogP contribution in [0.5, 0.6) is 5.75 Å². The van der Waals surface area contributed by atoms with E-state index in [4.69, 9.17) is 9.47 Å². The van der Waals surface area contributed by atoms with E-state index in [2.05, 4.69) is 10.5 Å². The number of carbonyl (C=O) groups is 2. The van der Waals surface area contributed by atoms with Crippen LogP contribution in [0.3, 0.4) is 0 Å². The minimum atomic E-state index is -4.18. The van der Waals surface area contributed by atoms with E-state index in [1.54, 1.807) is 69.3 Å². The summed E-state index contributed by atoms with van der Waals surface area (Å²) >= 11 is 0. The van der Waals surface area contributed by atoms with Crippen LogP contribution in [-0.4, -0.2) is 45.3 Å². The zero-order chi connectivity index (χ0) is 28.6. The first kappa shape index (κ1) is 29.3. The van der Waals surface area contributed by atoms with E-state index < -0.39 is 39.9 Å². The van der Waals surface area contributed by atoms with Crippen molar-refractivity contribution in [2.45, 2.75) is 38.2 Å². The number of hydrazone groups is 1. The Morgan fingerprint density at radius 3 is 2.18 bits per heavy atom. The monoisotopic (exact) mass is 555 g/mol. The Morgan fingerprint density at radius 2 is 1.59 bits per heavy atom. The van der Waals surface area contributed by atoms with Crippen molar-refractivity contribution < 1.29 is 31.9 Å². The molecule has 39 heavy (non-hydrogen) atoms. The van der Waals surface area contributed by atoms with Crippen molar-refractivity contribution in [3.63, 3.8) is 0 Å². The van der Waals surface area contributed by atoms with Gasteiger partial charge in [-0.15, -0.1) is 0 Å². The normalized spacial score (nSPS) is 11.7. The van der Waals surface area contributed by atoms with Crippen molar-refractivity contribution in [3.8, 4) is 5.75 Å². The number of nitrogens with zero attached hydrogens (tertiary/aromatic N) is 2. The molecule has 0 aliphatic carbocycles. The van der Waals surface area contributed by atoms with Gasteiger partial charge in [-0.3, -0.25) is 9.10 Å². The predicted octanol–water partition coefficient (Wildman–Crippen LogP) is 4.20. The molecule has 1 N–H and O–H groups in total. The molecular formula is C28H30FN3O6S. The molecule has 0 saturated heterocycles. The number of ether oxygens (including phenoxy) is 2. The number of sulfonamides is 1. The van der Waals surface area contributed by atoms with Crippen LogP contribution in [0.1, 0.15) is 31.9 Å². The first-order chi connectivity index (χ1) is 18.3. The lowest BCUT2D eigenvalue weighted by molar-refractivity contribution is -0.157. The molecule has 0 spiro atoms. The minimum absolute atomic E-state index is 0.158. The molecular weight excluding hydrogens is 525 g/mol. The van der Waals surface area contributed by atoms with E-state index in [1.807, 2.05) is 6.92 Å². The topological polar surface area (TPSA) is 114 Å². The highest BCUT2D eigenvalue weighted by Gasteiger charge is 2.27. The summed E-state index contributed by atoms with van der Waals surface area (Å²) in [5.74, 6) is -1.31. The van der Waals surface area contributed by atoms with Crippen molar-refractivity contribution in [3.05, 3.63) is 89.7 Å². The molecule has 3 aromatic rings. The highest BCUT2D eigenvalue weighted by Crippen LogP contribution is 2.24. The van der Waals surface area contributed by atoms with Gasteiger partial charge in [0, 0.05) is 0 Å². The second-order valence-corrected chi connectivity index (χ2v) is 11.4. The average Bonchev–Trinajstić information content (AvgIpc) is 2.87. The van der Waals surface area contributed by atoms with Gasteiger partial charge in [0.25, 0.3) is 15.9 Å². The summed E-state index contributed by atoms with van der Waals surface area (Å²) in [7, 11) is -4.18. The number of anilines is 1. The van der Waals surface area contributed by atoms with Gasteiger partial charge in [-0.1, -0.05) is 17.7 Å². The fourth-order valence-electron chi connectivity index (χ4n) is 3.27. The number of hydrogen-bond acceptors (Lipinski definition) is 7. The van der Waals surface area contributed by atoms with Crippen LogP contribution in [0, 0.1) is 12.7 Å². The Kier molecular flexibility index (Phi) is 9.42. The zero-order valence-corrected chi connectivity index (χ0v) is 22.9. The van der Waals surface area contributed by atoms with Gasteiger partial charge in [-0.2, -0.15) is 5.10 Å². The van der Waals surface area contributed by atoms with Gasteiger partial charge >= 0.3 is 5.97 Å². The number of halogens is 1. The molecule has 0 saturated carbocycles. The number of nitrogens with one attached hydrogen (secondary N) is 1. The molecule has 0 bridgehead atoms. The number of aryl methyl sites for hydroxylation is 1. The molecule has 0 heterocycles. The Bertz CT molecular complexity index is 1420. The van der Waals surface area contributed by atoms with Crippen LogP contribution >= 0.6 is 0 Å². The highest BCUT2D eigenvalue weighted by atomic mass is 32.2. The second kappa shape index (κ2) is 12.5. The Hall–Kier alpha value is -4.25. The lowest BCUT2D eigenvalue weighted by Gasteiger charge is -2.23. The number of rotatable bonds is 10. The van der Waals surface area contributed by atoms with E-state index in [0.717, 1.165) is 34.1 Å². The zero-order valence-electron chi connectivity index (χ0n) is 22.0. The maximum Gasteiger partial charge on any atom is 0.344 e. The van der Waals surface area contributed by atoms with Gasteiger partial charge in [0.15, 0.2) is 6.61 Å². The lowest BCUT2D eigenvalue weighted by atomic mass is 10.2. The summed E-state index contributed by atoms with van der Waals surface area (Å²) in [6.07, 6.45) is 1.38. The SMILES string of the molecule is Cc1ccc(N(CC(=O)N/N=C\c2ccc(OCC(=O)OC(C)(C)C)cc2)S(=O)(=O)c2ccc(F)cc2)cc1. The van der Waals surface area contributed by atoms with Crippen LogP contribution in [0.4, 0.5) is 10.1 Å². The molecule has 206 valence electrons. The summed E-state index contributed by atoms with van der Waals surface area (Å²) in [6.45, 7) is 6.35. The van der Waals surface area contributed by atoms with E-state index in [-0.39, 0.29) is 17.2 Å². The second-order valence-electron chi connectivity index (χ2n) is 9.54. The van der Waals surface area contributed by atoms with E-state index in [0.29, 0.717) is 11.3 Å². The molecule has 0 atom stereocenters. The molecule has 0 radical (unpaired) electrons. The quantitative estimate of drug-likeness (QED) is 0.228. The third kappa shape index (κ3) is 8.92. The van der Waals surface area contributed by atoms with Crippen LogP contribution in [0.25, 0.3) is 0 Å². The van der Waals surface area contributed by atoms with Gasteiger partial charge in [0.1, 0.15) is 23.7 Å². The van der Waals surface area contributed by atoms with Gasteiger partial charge in [-0.25, -0.2) is 23.0 Å². The first-order valence-electron chi connectivity index (χ1n) is 11.9. The molecule has 3 aromatic carbocycles. The smallest absolute Gasteiger partial charge is 0.344 e. The maximum absolute atomic E-state index is 13.4. The molecule has 1 amide bonds. The fourth-order valence-corrected chi connectivity index (χ4v) is 4.69. The number of hydrogen-bond donors (Lipinski definition) is 1. The molecule has 0 aliphatic rings. The van der Waals surface area contributed by atoms with Gasteiger partial charge in [0.05, 0.1) is 16.8 Å². The maximum atomic E-state index is 13.4. The van der Waals surface area contributed by atoms with Crippen LogP contribution in [0.2, 0.25) is 0 Å². The average molecular weight is 556 g/mol. The largest absolute Gasteiger partial charge is 0.482 e. The van der Waals surface area contributed by atoms with E-state index in [9.17, 15) is 22.4 Å². The number of esters is 1. The summed E-state index contributed by atoms with van der Waals surface area (Å²) in [5, 5.41) is 3.90. The van der Waals surface area contributed by atoms with Crippen LogP contribution in [-0.2, 0) is 24.3 Å². The third-order valence-corrected chi connectivity index (χ3v) is 6.86. The van der Waals surface area contributed by atoms with E-state index >= 15 is 0 Å². The number of amides is 1. The standard InChI is InChI=1S/C28H30FN3O6S/c1-20-5-11-23(12-6-20)32(39(35,36)25-15-9-22(29)10-16-25)18-26(33)31-30-17-21-7-13-24(14-8-21)37-19-27(34)38-28(2,3)4/h5-17H,18-19H2,1-4H3,(H,31,33)/b30-17-. The number of carbonyl (C=O) groups excluding carboxylic acids is 2. The first-order valence-corrected chi connectivity index (χ1v) is 13.4. The Morgan fingerprint density at radius 1 is 0.974 bits per heavy atom. The van der Waals surface area contributed by atoms with Crippen molar-refractivity contribution in [2.24, 2.45) is 5.10 Å².